The van der Waals surface area contributed by atoms with E-state index in [1.165, 1.54) is 0 Å². The van der Waals surface area contributed by atoms with Crippen LogP contribution in [-0.4, -0.2) is 30.8 Å². The Bertz CT molecular complexity index is 631. The number of hydrogen-bond acceptors (Lipinski definition) is 6. The lowest BCUT2D eigenvalue weighted by molar-refractivity contribution is 0.895. The highest BCUT2D eigenvalue weighted by atomic mass is 15.3. The average molecular weight is 262 g/mol. The molecule has 0 radical (unpaired) electrons. The zero-order valence-electron chi connectivity index (χ0n) is 10.5. The predicted octanol–water partition coefficient (Wildman–Crippen LogP) is 2.05. The van der Waals surface area contributed by atoms with Crippen molar-refractivity contribution < 1.29 is 0 Å². The van der Waals surface area contributed by atoms with Gasteiger partial charge in [-0.25, -0.2) is 0 Å². The molecule has 0 aliphatic rings. The van der Waals surface area contributed by atoms with Crippen molar-refractivity contribution in [1.29, 1.82) is 0 Å². The summed E-state index contributed by atoms with van der Waals surface area (Å²) in [5, 5.41) is 24.0. The second kappa shape index (κ2) is 5.75. The summed E-state index contributed by atoms with van der Waals surface area (Å²) in [5.41, 5.74) is 1.77. The fourth-order valence-electron chi connectivity index (χ4n) is 1.70. The van der Waals surface area contributed by atoms with Crippen molar-refractivity contribution in [3.63, 3.8) is 0 Å². The summed E-state index contributed by atoms with van der Waals surface area (Å²) in [7, 11) is 0. The molecule has 20 heavy (non-hydrogen) atoms. The lowest BCUT2D eigenvalue weighted by Crippen LogP contribution is -1.85. The third kappa shape index (κ3) is 2.69. The molecule has 0 saturated carbocycles. The molecule has 2 heterocycles. The zero-order valence-corrected chi connectivity index (χ0v) is 10.5. The van der Waals surface area contributed by atoms with Crippen LogP contribution in [0.25, 0.3) is 21.8 Å². The van der Waals surface area contributed by atoms with Gasteiger partial charge in [0.2, 0.25) is 0 Å². The Morgan fingerprint density at radius 3 is 1.45 bits per heavy atom. The summed E-state index contributed by atoms with van der Waals surface area (Å²) < 4.78 is 0. The van der Waals surface area contributed by atoms with Crippen molar-refractivity contribution in [3.05, 3.63) is 60.9 Å². The molecular weight excluding hydrogens is 252 g/mol. The van der Waals surface area contributed by atoms with Crippen LogP contribution in [0.5, 0.6) is 0 Å². The van der Waals surface area contributed by atoms with Crippen LogP contribution in [0.4, 0.5) is 0 Å². The van der Waals surface area contributed by atoms with Gasteiger partial charge in [-0.2, -0.15) is 0 Å². The first-order chi connectivity index (χ1) is 9.93. The summed E-state index contributed by atoms with van der Waals surface area (Å²) in [6.07, 6.45) is 3.39. The van der Waals surface area contributed by atoms with E-state index >= 15 is 0 Å². The number of nitrogens with zero attached hydrogens (tertiary/aromatic N) is 6. The minimum atomic E-state index is 0.887. The maximum atomic E-state index is 3.82. The van der Waals surface area contributed by atoms with Crippen LogP contribution in [0.1, 0.15) is 0 Å². The molecule has 0 amide bonds. The third-order valence-electron chi connectivity index (χ3n) is 2.68. The van der Waals surface area contributed by atoms with Gasteiger partial charge in [0.1, 0.15) is 0 Å². The van der Waals surface area contributed by atoms with Crippen LogP contribution in [0.2, 0.25) is 0 Å². The normalized spacial score (nSPS) is 10.0. The van der Waals surface area contributed by atoms with E-state index in [4.69, 9.17) is 0 Å². The summed E-state index contributed by atoms with van der Waals surface area (Å²) in [6.45, 7) is 0. The molecule has 0 unspecified atom stereocenters. The molecule has 0 spiro atoms. The lowest BCUT2D eigenvalue weighted by Gasteiger charge is -1.89. The number of rotatable bonds is 0. The number of hydrogen-bond donors (Lipinski definition) is 0. The van der Waals surface area contributed by atoms with E-state index in [1.807, 2.05) is 48.5 Å². The first kappa shape index (κ1) is 12.0. The van der Waals surface area contributed by atoms with Crippen LogP contribution in [0, 0.1) is 0 Å². The van der Waals surface area contributed by atoms with Gasteiger partial charge in [0, 0.05) is 10.8 Å². The summed E-state index contributed by atoms with van der Waals surface area (Å²) in [4.78, 5) is 0. The Hall–Kier alpha value is -3.02. The molecule has 6 heteroatoms. The van der Waals surface area contributed by atoms with Gasteiger partial charge in [0.25, 0.3) is 0 Å². The maximum absolute atomic E-state index is 3.82. The molecule has 0 N–H and O–H groups in total. The van der Waals surface area contributed by atoms with E-state index < -0.39 is 0 Å². The molecule has 2 aromatic carbocycles. The minimum Gasteiger partial charge on any atom is -0.138 e. The predicted molar refractivity (Wildman–Crippen MR) is 74.7 cm³/mol. The molecule has 0 fully saturated rings. The van der Waals surface area contributed by atoms with Crippen molar-refractivity contribution in [1.82, 2.24) is 30.8 Å². The van der Waals surface area contributed by atoms with E-state index in [1.54, 1.807) is 12.4 Å². The quantitative estimate of drug-likeness (QED) is 0.482. The second-order valence-electron chi connectivity index (χ2n) is 3.99. The Balaban J connectivity index is 0.000000121. The second-order valence-corrected chi connectivity index (χ2v) is 3.99. The average Bonchev–Trinajstić information content (AvgIpc) is 2.56. The summed E-state index contributed by atoms with van der Waals surface area (Å²) in [5.74, 6) is 0. The van der Waals surface area contributed by atoms with Gasteiger partial charge in [-0.05, 0) is 22.6 Å². The van der Waals surface area contributed by atoms with Gasteiger partial charge in [0.15, 0.2) is 0 Å². The van der Waals surface area contributed by atoms with Crippen LogP contribution in [0.3, 0.4) is 0 Å². The highest BCUT2D eigenvalue weighted by Crippen LogP contribution is 2.06. The molecule has 96 valence electrons. The van der Waals surface area contributed by atoms with Crippen molar-refractivity contribution in [2.24, 2.45) is 0 Å². The van der Waals surface area contributed by atoms with E-state index in [2.05, 4.69) is 30.8 Å². The third-order valence-corrected chi connectivity index (χ3v) is 2.68. The molecule has 0 aliphatic heterocycles. The Labute approximate surface area is 114 Å². The van der Waals surface area contributed by atoms with Crippen LogP contribution < -0.4 is 0 Å². The standard InChI is InChI=1S/2C7H5N3/c2*1-2-4-7-6(3-1)5-8-10-9-7/h2*1-5H. The topological polar surface area (TPSA) is 77.3 Å². The van der Waals surface area contributed by atoms with Gasteiger partial charge in [0.05, 0.1) is 23.4 Å². The molecule has 4 rings (SSSR count). The highest BCUT2D eigenvalue weighted by Gasteiger charge is 1.89. The molecule has 2 aromatic heterocycles. The number of aromatic nitrogens is 6. The van der Waals surface area contributed by atoms with E-state index in [0.717, 1.165) is 21.8 Å². The lowest BCUT2D eigenvalue weighted by atomic mass is 10.2. The molecule has 0 saturated heterocycles. The van der Waals surface area contributed by atoms with Crippen molar-refractivity contribution >= 4 is 21.8 Å². The molecule has 0 atom stereocenters. The Morgan fingerprint density at radius 1 is 0.550 bits per heavy atom. The molecule has 0 aliphatic carbocycles. The Kier molecular flexibility index (Phi) is 3.46. The maximum Gasteiger partial charge on any atom is 0.0963 e. The highest BCUT2D eigenvalue weighted by molar-refractivity contribution is 5.76. The molecule has 6 nitrogen and oxygen atoms in total. The van der Waals surface area contributed by atoms with E-state index in [9.17, 15) is 0 Å². The van der Waals surface area contributed by atoms with Crippen LogP contribution in [0.15, 0.2) is 60.9 Å². The zero-order chi connectivity index (χ0) is 13.6. The van der Waals surface area contributed by atoms with Crippen molar-refractivity contribution in [2.45, 2.75) is 0 Å². The van der Waals surface area contributed by atoms with Crippen LogP contribution >= 0.6 is 0 Å². The molecule has 4 aromatic rings. The fourth-order valence-corrected chi connectivity index (χ4v) is 1.70. The van der Waals surface area contributed by atoms with Gasteiger partial charge in [-0.3, -0.25) is 0 Å². The fraction of sp³-hybridized carbons (Fsp3) is 0. The monoisotopic (exact) mass is 262 g/mol. The van der Waals surface area contributed by atoms with Gasteiger partial charge in [-0.15, -0.1) is 20.4 Å². The van der Waals surface area contributed by atoms with Gasteiger partial charge in [-0.1, -0.05) is 36.4 Å². The number of fused-ring (bicyclic) bond motifs is 2. The number of benzene rings is 2. The summed E-state index contributed by atoms with van der Waals surface area (Å²) in [6, 6.07) is 15.5. The van der Waals surface area contributed by atoms with E-state index in [-0.39, 0.29) is 0 Å². The molecule has 0 bridgehead atoms. The summed E-state index contributed by atoms with van der Waals surface area (Å²) >= 11 is 0. The largest absolute Gasteiger partial charge is 0.138 e. The first-order valence-corrected chi connectivity index (χ1v) is 6.00. The smallest absolute Gasteiger partial charge is 0.0963 e. The van der Waals surface area contributed by atoms with Gasteiger partial charge < -0.3 is 0 Å². The SMILES string of the molecule is c1ccc2nnncc2c1.c1ccc2nnncc2c1. The Morgan fingerprint density at radius 2 is 1.00 bits per heavy atom. The molecular formula is C14H10N6. The first-order valence-electron chi connectivity index (χ1n) is 6.00. The van der Waals surface area contributed by atoms with Crippen molar-refractivity contribution in [2.75, 3.05) is 0 Å². The van der Waals surface area contributed by atoms with E-state index in [0.29, 0.717) is 0 Å². The minimum absolute atomic E-state index is 0.887. The van der Waals surface area contributed by atoms with Gasteiger partial charge >= 0.3 is 0 Å². The van der Waals surface area contributed by atoms with Crippen LogP contribution in [-0.2, 0) is 0 Å². The van der Waals surface area contributed by atoms with Crippen molar-refractivity contribution in [3.8, 4) is 0 Å².